The fraction of sp³-hybridized carbons (Fsp3) is 0.684. The Morgan fingerprint density at radius 1 is 0.920 bits per heavy atom. The lowest BCUT2D eigenvalue weighted by Crippen LogP contribution is -2.06. The van der Waals surface area contributed by atoms with Crippen LogP contribution in [-0.2, 0) is 4.74 Å². The first-order valence-corrected chi connectivity index (χ1v) is 9.04. The third-order valence-electron chi connectivity index (χ3n) is 4.02. The maximum Gasteiger partial charge on any atom is 0.389 e. The Morgan fingerprint density at radius 2 is 1.48 bits per heavy atom. The molecule has 0 aromatic carbocycles. The van der Waals surface area contributed by atoms with Crippen LogP contribution in [0.25, 0.3) is 0 Å². The molecule has 0 saturated carbocycles. The van der Waals surface area contributed by atoms with Crippen LogP contribution >= 0.6 is 0 Å². The summed E-state index contributed by atoms with van der Waals surface area (Å²) in [5.41, 5.74) is 0. The Hall–Kier alpha value is -1.46. The number of ether oxygens (including phenoxy) is 1. The van der Waals surface area contributed by atoms with Crippen molar-refractivity contribution >= 4 is 0 Å². The van der Waals surface area contributed by atoms with Crippen LogP contribution in [0.3, 0.4) is 0 Å². The number of hydrogen-bond donors (Lipinski definition) is 1. The van der Waals surface area contributed by atoms with Crippen LogP contribution < -0.4 is 0 Å². The summed E-state index contributed by atoms with van der Waals surface area (Å²) < 4.78 is 54.7. The summed E-state index contributed by atoms with van der Waals surface area (Å²) in [6.07, 6.45) is 7.81. The van der Waals surface area contributed by atoms with Crippen molar-refractivity contribution in [3.63, 3.8) is 0 Å². The number of alkyl halides is 3. The minimum Gasteiger partial charge on any atom is -0.505 e. The van der Waals surface area contributed by atoms with Crippen molar-refractivity contribution in [2.24, 2.45) is 0 Å². The predicted molar refractivity (Wildman–Crippen MR) is 90.8 cm³/mol. The molecule has 0 aromatic heterocycles. The molecule has 144 valence electrons. The topological polar surface area (TPSA) is 29.5 Å². The lowest BCUT2D eigenvalue weighted by atomic mass is 10.1. The molecule has 0 aliphatic heterocycles. The highest BCUT2D eigenvalue weighted by Crippen LogP contribution is 2.23. The smallest absolute Gasteiger partial charge is 0.389 e. The van der Waals surface area contributed by atoms with Crippen LogP contribution in [-0.4, -0.2) is 17.9 Å². The van der Waals surface area contributed by atoms with Crippen LogP contribution in [0.1, 0.15) is 70.6 Å². The SMILES string of the molecule is OC1=C(F)C=C(OCCCCCCCCCCCC(F)(F)F)CC=C1. The van der Waals surface area contributed by atoms with Gasteiger partial charge in [0.05, 0.1) is 6.61 Å². The number of unbranched alkanes of at least 4 members (excludes halogenated alkanes) is 8. The van der Waals surface area contributed by atoms with Gasteiger partial charge < -0.3 is 9.84 Å². The fourth-order valence-electron chi connectivity index (χ4n) is 2.61. The molecule has 0 unspecified atom stereocenters. The van der Waals surface area contributed by atoms with E-state index in [-0.39, 0.29) is 12.2 Å². The Balaban J connectivity index is 1.91. The van der Waals surface area contributed by atoms with Gasteiger partial charge in [0.15, 0.2) is 11.6 Å². The Labute approximate surface area is 147 Å². The quantitative estimate of drug-likeness (QED) is 0.297. The van der Waals surface area contributed by atoms with E-state index in [1.165, 1.54) is 12.2 Å². The Morgan fingerprint density at radius 3 is 2.08 bits per heavy atom. The van der Waals surface area contributed by atoms with E-state index in [1.807, 2.05) is 0 Å². The molecule has 0 spiro atoms. The highest BCUT2D eigenvalue weighted by atomic mass is 19.4. The molecule has 0 bridgehead atoms. The zero-order valence-electron chi connectivity index (χ0n) is 14.6. The van der Waals surface area contributed by atoms with E-state index in [0.717, 1.165) is 44.9 Å². The molecule has 25 heavy (non-hydrogen) atoms. The Kier molecular flexibility index (Phi) is 10.3. The van der Waals surface area contributed by atoms with Gasteiger partial charge in [0.1, 0.15) is 5.76 Å². The molecule has 0 amide bonds. The van der Waals surface area contributed by atoms with Crippen molar-refractivity contribution in [3.05, 3.63) is 35.6 Å². The molecule has 1 rings (SSSR count). The van der Waals surface area contributed by atoms with Crippen molar-refractivity contribution in [3.8, 4) is 0 Å². The van der Waals surface area contributed by atoms with E-state index in [4.69, 9.17) is 4.74 Å². The van der Waals surface area contributed by atoms with Gasteiger partial charge in [-0.15, -0.1) is 0 Å². The van der Waals surface area contributed by atoms with Gasteiger partial charge >= 0.3 is 6.18 Å². The first kappa shape index (κ1) is 21.6. The van der Waals surface area contributed by atoms with Crippen LogP contribution in [0.5, 0.6) is 0 Å². The average molecular weight is 364 g/mol. The lowest BCUT2D eigenvalue weighted by molar-refractivity contribution is -0.135. The number of allylic oxidation sites excluding steroid dienone is 4. The molecule has 0 aromatic rings. The van der Waals surface area contributed by atoms with Crippen LogP contribution in [0.4, 0.5) is 17.6 Å². The molecule has 1 aliphatic carbocycles. The third-order valence-corrected chi connectivity index (χ3v) is 4.02. The minimum atomic E-state index is -4.02. The van der Waals surface area contributed by atoms with Gasteiger partial charge in [0.2, 0.25) is 0 Å². The van der Waals surface area contributed by atoms with E-state index in [1.54, 1.807) is 6.08 Å². The van der Waals surface area contributed by atoms with Crippen LogP contribution in [0.2, 0.25) is 0 Å². The molecule has 0 saturated heterocycles. The summed E-state index contributed by atoms with van der Waals surface area (Å²) in [6, 6.07) is 0. The second kappa shape index (κ2) is 12.0. The molecule has 6 heteroatoms. The highest BCUT2D eigenvalue weighted by molar-refractivity contribution is 5.28. The second-order valence-corrected chi connectivity index (χ2v) is 6.35. The Bertz CT molecular complexity index is 465. The molecule has 1 aliphatic rings. The molecule has 0 radical (unpaired) electrons. The number of hydrogen-bond acceptors (Lipinski definition) is 2. The van der Waals surface area contributed by atoms with Gasteiger partial charge in [0.25, 0.3) is 0 Å². The van der Waals surface area contributed by atoms with Gasteiger partial charge in [-0.2, -0.15) is 13.2 Å². The van der Waals surface area contributed by atoms with E-state index >= 15 is 0 Å². The summed E-state index contributed by atoms with van der Waals surface area (Å²) in [7, 11) is 0. The summed E-state index contributed by atoms with van der Waals surface area (Å²) >= 11 is 0. The van der Waals surface area contributed by atoms with Crippen molar-refractivity contribution < 1.29 is 27.4 Å². The zero-order chi connectivity index (χ0) is 18.5. The number of aliphatic hydroxyl groups excluding tert-OH is 1. The van der Waals surface area contributed by atoms with Gasteiger partial charge in [-0.3, -0.25) is 0 Å². The van der Waals surface area contributed by atoms with Crippen LogP contribution in [0, 0.1) is 0 Å². The van der Waals surface area contributed by atoms with Gasteiger partial charge in [0, 0.05) is 18.9 Å². The van der Waals surface area contributed by atoms with Crippen molar-refractivity contribution in [1.82, 2.24) is 0 Å². The molecule has 0 heterocycles. The summed E-state index contributed by atoms with van der Waals surface area (Å²) in [6.45, 7) is 0.519. The summed E-state index contributed by atoms with van der Waals surface area (Å²) in [5, 5.41) is 9.24. The fourth-order valence-corrected chi connectivity index (χ4v) is 2.61. The highest BCUT2D eigenvalue weighted by Gasteiger charge is 2.25. The van der Waals surface area contributed by atoms with E-state index in [0.29, 0.717) is 25.2 Å². The largest absolute Gasteiger partial charge is 0.505 e. The third kappa shape index (κ3) is 11.7. The molecular formula is C19H28F4O2. The van der Waals surface area contributed by atoms with Gasteiger partial charge in [-0.25, -0.2) is 4.39 Å². The first-order valence-electron chi connectivity index (χ1n) is 9.04. The second-order valence-electron chi connectivity index (χ2n) is 6.35. The van der Waals surface area contributed by atoms with E-state index in [9.17, 15) is 22.7 Å². The molecule has 0 fully saturated rings. The molecule has 1 N–H and O–H groups in total. The monoisotopic (exact) mass is 364 g/mol. The minimum absolute atomic E-state index is 0.236. The normalized spacial score (nSPS) is 15.3. The average Bonchev–Trinajstić information content (AvgIpc) is 2.69. The van der Waals surface area contributed by atoms with Crippen molar-refractivity contribution in [1.29, 1.82) is 0 Å². The van der Waals surface area contributed by atoms with E-state index in [2.05, 4.69) is 0 Å². The molecule has 0 atom stereocenters. The van der Waals surface area contributed by atoms with Crippen molar-refractivity contribution in [2.75, 3.05) is 6.61 Å². The maximum atomic E-state index is 13.3. The first-order chi connectivity index (χ1) is 11.9. The zero-order valence-corrected chi connectivity index (χ0v) is 14.6. The number of rotatable bonds is 12. The molecule has 2 nitrogen and oxygen atoms in total. The maximum absolute atomic E-state index is 13.3. The number of aliphatic hydroxyl groups is 1. The number of halogens is 4. The summed E-state index contributed by atoms with van der Waals surface area (Å²) in [5.74, 6) is -0.548. The van der Waals surface area contributed by atoms with Gasteiger partial charge in [-0.05, 0) is 18.9 Å². The standard InChI is InChI=1S/C19H28F4O2/c20-17-15-16(11-10-12-18(17)24)25-14-9-7-5-3-1-2-4-6-8-13-19(21,22)23/h10,12,15,24H,1-9,11,13-14H2. The summed E-state index contributed by atoms with van der Waals surface area (Å²) in [4.78, 5) is 0. The van der Waals surface area contributed by atoms with Crippen molar-refractivity contribution in [2.45, 2.75) is 76.8 Å². The van der Waals surface area contributed by atoms with E-state index < -0.39 is 18.4 Å². The molecular weight excluding hydrogens is 336 g/mol. The van der Waals surface area contributed by atoms with Crippen LogP contribution in [0.15, 0.2) is 35.6 Å². The predicted octanol–water partition coefficient (Wildman–Crippen LogP) is 7.05. The van der Waals surface area contributed by atoms with Gasteiger partial charge in [-0.1, -0.05) is 51.0 Å². The lowest BCUT2D eigenvalue weighted by Gasteiger charge is -2.08.